The molecule has 0 nitrogen and oxygen atoms in total. The van der Waals surface area contributed by atoms with Crippen molar-refractivity contribution in [3.8, 4) is 0 Å². The molecule has 0 atom stereocenters. The van der Waals surface area contributed by atoms with Crippen LogP contribution in [-0.2, 0) is 0 Å². The van der Waals surface area contributed by atoms with Crippen LogP contribution in [0.3, 0.4) is 0 Å². The molecule has 1 aliphatic carbocycles. The van der Waals surface area contributed by atoms with Gasteiger partial charge >= 0.3 is 0 Å². The van der Waals surface area contributed by atoms with Crippen LogP contribution >= 0.6 is 0 Å². The normalized spacial score (nSPS) is 23.1. The molecule has 1 aliphatic rings. The van der Waals surface area contributed by atoms with Crippen LogP contribution in [-0.4, -0.2) is 0 Å². The van der Waals surface area contributed by atoms with Crippen molar-refractivity contribution in [2.75, 3.05) is 0 Å². The van der Waals surface area contributed by atoms with Gasteiger partial charge in [-0.05, 0) is 25.7 Å². The first-order valence-corrected chi connectivity index (χ1v) is 8.48. The zero-order valence-electron chi connectivity index (χ0n) is 12.3. The average Bonchev–Trinajstić information content (AvgIpc) is 2.39. The van der Waals surface area contributed by atoms with Crippen LogP contribution in [0.4, 0.5) is 0 Å². The van der Waals surface area contributed by atoms with Gasteiger partial charge in [0.15, 0.2) is 0 Å². The summed E-state index contributed by atoms with van der Waals surface area (Å²) in [5.41, 5.74) is 0. The molecule has 0 saturated heterocycles. The smallest absolute Gasteiger partial charge is 0.0171 e. The highest BCUT2D eigenvalue weighted by atomic mass is 14.0. The SMILES string of the molecule is [CH]1C=CCCCCCCCCCCCCCCC1. The Morgan fingerprint density at radius 1 is 0.389 bits per heavy atom. The Labute approximate surface area is 115 Å². The Morgan fingerprint density at radius 3 is 1.28 bits per heavy atom. The highest BCUT2D eigenvalue weighted by molar-refractivity contribution is 4.94. The molecule has 0 bridgehead atoms. The van der Waals surface area contributed by atoms with Gasteiger partial charge in [-0.15, -0.1) is 0 Å². The lowest BCUT2D eigenvalue weighted by Gasteiger charge is -2.03. The maximum atomic E-state index is 2.36. The fourth-order valence-electron chi connectivity index (χ4n) is 2.76. The van der Waals surface area contributed by atoms with Gasteiger partial charge in [-0.1, -0.05) is 89.2 Å². The predicted octanol–water partition coefficient (Wildman–Crippen LogP) is 6.61. The van der Waals surface area contributed by atoms with Crippen molar-refractivity contribution in [2.45, 2.75) is 96.3 Å². The fraction of sp³-hybridized carbons (Fsp3) is 0.833. The molecule has 0 aromatic carbocycles. The number of hydrogen-bond donors (Lipinski definition) is 0. The molecule has 0 saturated carbocycles. The largest absolute Gasteiger partial charge is 0.0882 e. The van der Waals surface area contributed by atoms with E-state index in [0.717, 1.165) is 0 Å². The molecular formula is C18H33. The third kappa shape index (κ3) is 10.9. The zero-order valence-corrected chi connectivity index (χ0v) is 12.3. The lowest BCUT2D eigenvalue weighted by Crippen LogP contribution is -1.84. The van der Waals surface area contributed by atoms with Crippen molar-refractivity contribution in [3.63, 3.8) is 0 Å². The van der Waals surface area contributed by atoms with Gasteiger partial charge in [0.05, 0.1) is 0 Å². The van der Waals surface area contributed by atoms with E-state index < -0.39 is 0 Å². The summed E-state index contributed by atoms with van der Waals surface area (Å²) >= 11 is 0. The Bertz CT molecular complexity index is 160. The highest BCUT2D eigenvalue weighted by Gasteiger charge is 1.94. The molecule has 105 valence electrons. The van der Waals surface area contributed by atoms with Crippen molar-refractivity contribution in [1.82, 2.24) is 0 Å². The van der Waals surface area contributed by atoms with Gasteiger partial charge in [-0.3, -0.25) is 0 Å². The summed E-state index contributed by atoms with van der Waals surface area (Å²) in [7, 11) is 0. The molecule has 0 heteroatoms. The van der Waals surface area contributed by atoms with Gasteiger partial charge in [0.1, 0.15) is 0 Å². The molecule has 1 rings (SSSR count). The summed E-state index contributed by atoms with van der Waals surface area (Å²) in [6, 6.07) is 0. The highest BCUT2D eigenvalue weighted by Crippen LogP contribution is 2.14. The second-order valence-corrected chi connectivity index (χ2v) is 5.84. The van der Waals surface area contributed by atoms with Gasteiger partial charge in [0, 0.05) is 0 Å². The zero-order chi connectivity index (χ0) is 12.7. The molecule has 0 spiro atoms. The summed E-state index contributed by atoms with van der Waals surface area (Å²) in [5, 5.41) is 0. The Hall–Kier alpha value is -0.260. The average molecular weight is 249 g/mol. The molecule has 0 N–H and O–H groups in total. The monoisotopic (exact) mass is 249 g/mol. The van der Waals surface area contributed by atoms with Gasteiger partial charge in [0.2, 0.25) is 0 Å². The Balaban J connectivity index is 2.06. The van der Waals surface area contributed by atoms with Crippen LogP contribution in [0.5, 0.6) is 0 Å². The molecule has 0 aliphatic heterocycles. The van der Waals surface area contributed by atoms with Crippen LogP contribution in [0.15, 0.2) is 12.2 Å². The summed E-state index contributed by atoms with van der Waals surface area (Å²) in [5.74, 6) is 0. The Kier molecular flexibility index (Phi) is 11.6. The number of hydrogen-bond acceptors (Lipinski definition) is 0. The van der Waals surface area contributed by atoms with E-state index in [1.807, 2.05) is 0 Å². The predicted molar refractivity (Wildman–Crippen MR) is 82.7 cm³/mol. The van der Waals surface area contributed by atoms with E-state index in [1.54, 1.807) is 0 Å². The molecule has 0 aromatic heterocycles. The third-order valence-electron chi connectivity index (χ3n) is 4.01. The minimum atomic E-state index is 1.29. The van der Waals surface area contributed by atoms with Crippen LogP contribution < -0.4 is 0 Å². The third-order valence-corrected chi connectivity index (χ3v) is 4.01. The summed E-state index contributed by atoms with van der Waals surface area (Å²) in [6.45, 7) is 0. The molecular weight excluding hydrogens is 216 g/mol. The standard InChI is InChI=1S/C18H33/c1-2-4-6-8-10-12-14-16-18-17-15-13-11-9-7-5-3-1/h1-3H,4-18H2. The van der Waals surface area contributed by atoms with Crippen LogP contribution in [0, 0.1) is 6.42 Å². The van der Waals surface area contributed by atoms with E-state index in [9.17, 15) is 0 Å². The van der Waals surface area contributed by atoms with E-state index in [2.05, 4.69) is 18.6 Å². The molecule has 0 aromatic rings. The lowest BCUT2D eigenvalue weighted by molar-refractivity contribution is 0.536. The van der Waals surface area contributed by atoms with Crippen molar-refractivity contribution in [1.29, 1.82) is 0 Å². The quantitative estimate of drug-likeness (QED) is 0.453. The van der Waals surface area contributed by atoms with Crippen LogP contribution in [0.1, 0.15) is 96.3 Å². The van der Waals surface area contributed by atoms with E-state index in [4.69, 9.17) is 0 Å². The number of rotatable bonds is 0. The van der Waals surface area contributed by atoms with E-state index in [0.29, 0.717) is 0 Å². The van der Waals surface area contributed by atoms with E-state index >= 15 is 0 Å². The van der Waals surface area contributed by atoms with Crippen molar-refractivity contribution >= 4 is 0 Å². The van der Waals surface area contributed by atoms with Crippen molar-refractivity contribution in [2.24, 2.45) is 0 Å². The van der Waals surface area contributed by atoms with Gasteiger partial charge in [-0.2, -0.15) is 0 Å². The molecule has 0 amide bonds. The maximum absolute atomic E-state index is 2.36. The fourth-order valence-corrected chi connectivity index (χ4v) is 2.76. The molecule has 0 fully saturated rings. The first-order valence-electron chi connectivity index (χ1n) is 8.48. The van der Waals surface area contributed by atoms with Gasteiger partial charge < -0.3 is 0 Å². The second kappa shape index (κ2) is 13.2. The summed E-state index contributed by atoms with van der Waals surface area (Å²) in [4.78, 5) is 0. The molecule has 1 radical (unpaired) electrons. The van der Waals surface area contributed by atoms with Crippen LogP contribution in [0.25, 0.3) is 0 Å². The summed E-state index contributed by atoms with van der Waals surface area (Å²) in [6.07, 6.45) is 28.5. The summed E-state index contributed by atoms with van der Waals surface area (Å²) < 4.78 is 0. The minimum Gasteiger partial charge on any atom is -0.0882 e. The van der Waals surface area contributed by atoms with Crippen molar-refractivity contribution in [3.05, 3.63) is 18.6 Å². The first kappa shape index (κ1) is 15.8. The van der Waals surface area contributed by atoms with Crippen molar-refractivity contribution < 1.29 is 0 Å². The Morgan fingerprint density at radius 2 is 0.778 bits per heavy atom. The lowest BCUT2D eigenvalue weighted by atomic mass is 10.0. The number of allylic oxidation sites excluding steroid dienone is 2. The van der Waals surface area contributed by atoms with Gasteiger partial charge in [0.25, 0.3) is 0 Å². The molecule has 18 heavy (non-hydrogen) atoms. The second-order valence-electron chi connectivity index (χ2n) is 5.84. The first-order chi connectivity index (χ1) is 9.00. The van der Waals surface area contributed by atoms with E-state index in [-0.39, 0.29) is 0 Å². The topological polar surface area (TPSA) is 0 Å². The van der Waals surface area contributed by atoms with Crippen LogP contribution in [0.2, 0.25) is 0 Å². The maximum Gasteiger partial charge on any atom is -0.0171 e. The minimum absolute atomic E-state index is 1.29. The van der Waals surface area contributed by atoms with E-state index in [1.165, 1.54) is 96.3 Å². The molecule has 0 unspecified atom stereocenters. The molecule has 0 heterocycles. The van der Waals surface area contributed by atoms with Gasteiger partial charge in [-0.25, -0.2) is 0 Å².